The molecule has 0 heterocycles. The maximum Gasteiger partial charge on any atom is 0.407 e. The fourth-order valence-electron chi connectivity index (χ4n) is 2.99. The largest absolute Gasteiger partial charge is 0.444 e. The lowest BCUT2D eigenvalue weighted by Gasteiger charge is -2.21. The Balaban J connectivity index is 2.07. The Morgan fingerprint density at radius 2 is 1.95 bits per heavy atom. The van der Waals surface area contributed by atoms with E-state index in [-0.39, 0.29) is 6.09 Å². The summed E-state index contributed by atoms with van der Waals surface area (Å²) < 4.78 is 5.19. The van der Waals surface area contributed by atoms with Crippen LogP contribution in [-0.4, -0.2) is 30.8 Å². The second-order valence-corrected chi connectivity index (χ2v) is 6.95. The summed E-state index contributed by atoms with van der Waals surface area (Å²) in [7, 11) is 0. The molecule has 1 amide bonds. The molecule has 0 aliphatic heterocycles. The Morgan fingerprint density at radius 3 is 2.50 bits per heavy atom. The minimum absolute atomic E-state index is 0.321. The van der Waals surface area contributed by atoms with Gasteiger partial charge in [-0.2, -0.15) is 0 Å². The molecule has 0 bridgehead atoms. The summed E-state index contributed by atoms with van der Waals surface area (Å²) in [6, 6.07) is 0.654. The molecular formula is C16H32N2O2. The third kappa shape index (κ3) is 6.12. The molecule has 3 atom stereocenters. The second kappa shape index (κ2) is 7.87. The van der Waals surface area contributed by atoms with Crippen molar-refractivity contribution in [1.82, 2.24) is 10.6 Å². The summed E-state index contributed by atoms with van der Waals surface area (Å²) in [5, 5.41) is 6.42. The van der Waals surface area contributed by atoms with Crippen LogP contribution in [0.25, 0.3) is 0 Å². The minimum atomic E-state index is -0.420. The van der Waals surface area contributed by atoms with E-state index in [0.717, 1.165) is 24.8 Å². The van der Waals surface area contributed by atoms with E-state index in [4.69, 9.17) is 4.74 Å². The van der Waals surface area contributed by atoms with Crippen molar-refractivity contribution in [3.05, 3.63) is 0 Å². The van der Waals surface area contributed by atoms with Gasteiger partial charge in [-0.3, -0.25) is 0 Å². The van der Waals surface area contributed by atoms with Crippen LogP contribution in [0.5, 0.6) is 0 Å². The molecular weight excluding hydrogens is 252 g/mol. The predicted octanol–water partition coefficient (Wildman–Crippen LogP) is 3.32. The van der Waals surface area contributed by atoms with Crippen LogP contribution in [0.1, 0.15) is 60.3 Å². The van der Waals surface area contributed by atoms with Gasteiger partial charge in [-0.05, 0) is 58.4 Å². The first-order valence-electron chi connectivity index (χ1n) is 8.03. The van der Waals surface area contributed by atoms with Gasteiger partial charge < -0.3 is 15.4 Å². The van der Waals surface area contributed by atoms with Crippen LogP contribution in [0.15, 0.2) is 0 Å². The summed E-state index contributed by atoms with van der Waals surface area (Å²) in [6.45, 7) is 11.9. The lowest BCUT2D eigenvalue weighted by Crippen LogP contribution is -2.36. The van der Waals surface area contributed by atoms with Crippen LogP contribution < -0.4 is 10.6 Å². The summed E-state index contributed by atoms with van der Waals surface area (Å²) in [6.07, 6.45) is 4.56. The van der Waals surface area contributed by atoms with Crippen LogP contribution in [0, 0.1) is 11.8 Å². The molecule has 0 aromatic heterocycles. The van der Waals surface area contributed by atoms with Gasteiger partial charge in [0.2, 0.25) is 0 Å². The smallest absolute Gasteiger partial charge is 0.407 e. The Hall–Kier alpha value is -0.770. The Kier molecular flexibility index (Phi) is 6.80. The van der Waals surface area contributed by atoms with Gasteiger partial charge in [0.25, 0.3) is 0 Å². The van der Waals surface area contributed by atoms with E-state index in [1.165, 1.54) is 19.3 Å². The topological polar surface area (TPSA) is 50.4 Å². The monoisotopic (exact) mass is 284 g/mol. The number of alkyl carbamates (subject to hydrolysis) is 1. The van der Waals surface area contributed by atoms with Crippen molar-refractivity contribution in [2.24, 2.45) is 11.8 Å². The number of hydrogen-bond donors (Lipinski definition) is 2. The maximum absolute atomic E-state index is 11.5. The van der Waals surface area contributed by atoms with E-state index in [2.05, 4.69) is 24.5 Å². The third-order valence-corrected chi connectivity index (χ3v) is 4.18. The highest BCUT2D eigenvalue weighted by Crippen LogP contribution is 2.33. The van der Waals surface area contributed by atoms with Crippen molar-refractivity contribution in [2.45, 2.75) is 71.9 Å². The van der Waals surface area contributed by atoms with Crippen LogP contribution in [0.2, 0.25) is 0 Å². The van der Waals surface area contributed by atoms with Gasteiger partial charge in [-0.1, -0.05) is 20.3 Å². The highest BCUT2D eigenvalue weighted by Gasteiger charge is 2.30. The number of rotatable bonds is 6. The molecule has 1 saturated carbocycles. The third-order valence-electron chi connectivity index (χ3n) is 4.18. The van der Waals surface area contributed by atoms with E-state index < -0.39 is 5.60 Å². The second-order valence-electron chi connectivity index (χ2n) is 6.95. The number of ether oxygens (including phenoxy) is 1. The number of hydrogen-bond acceptors (Lipinski definition) is 3. The van der Waals surface area contributed by atoms with Gasteiger partial charge in [-0.25, -0.2) is 4.79 Å². The first-order valence-corrected chi connectivity index (χ1v) is 8.03. The molecule has 0 aromatic carbocycles. The molecule has 20 heavy (non-hydrogen) atoms. The summed E-state index contributed by atoms with van der Waals surface area (Å²) in [5.41, 5.74) is -0.420. The molecule has 118 valence electrons. The van der Waals surface area contributed by atoms with E-state index >= 15 is 0 Å². The normalized spacial score (nSPS) is 26.6. The van der Waals surface area contributed by atoms with Crippen LogP contribution in [0.4, 0.5) is 4.79 Å². The van der Waals surface area contributed by atoms with E-state index in [0.29, 0.717) is 12.6 Å². The van der Waals surface area contributed by atoms with Crippen LogP contribution in [-0.2, 0) is 4.74 Å². The maximum atomic E-state index is 11.5. The molecule has 0 spiro atoms. The minimum Gasteiger partial charge on any atom is -0.444 e. The number of nitrogens with one attached hydrogen (secondary N) is 2. The first kappa shape index (κ1) is 17.3. The van der Waals surface area contributed by atoms with Gasteiger partial charge in [0.15, 0.2) is 0 Å². The van der Waals surface area contributed by atoms with Gasteiger partial charge in [0.1, 0.15) is 5.60 Å². The molecule has 3 unspecified atom stereocenters. The zero-order valence-corrected chi connectivity index (χ0v) is 13.8. The Bertz CT molecular complexity index is 299. The molecule has 0 aromatic rings. The molecule has 1 fully saturated rings. The van der Waals surface area contributed by atoms with Crippen molar-refractivity contribution >= 4 is 6.09 Å². The summed E-state index contributed by atoms with van der Waals surface area (Å²) in [4.78, 5) is 11.5. The molecule has 1 aliphatic carbocycles. The van der Waals surface area contributed by atoms with Crippen molar-refractivity contribution < 1.29 is 9.53 Å². The molecule has 1 aliphatic rings. The van der Waals surface area contributed by atoms with E-state index in [1.54, 1.807) is 0 Å². The van der Waals surface area contributed by atoms with E-state index in [1.807, 2.05) is 20.8 Å². The Labute approximate surface area is 124 Å². The zero-order valence-electron chi connectivity index (χ0n) is 13.8. The molecule has 2 N–H and O–H groups in total. The SMILES string of the molecule is CCC1CCC(NCCCNC(=O)OC(C)(C)C)C1C. The lowest BCUT2D eigenvalue weighted by atomic mass is 9.93. The fraction of sp³-hybridized carbons (Fsp3) is 0.938. The quantitative estimate of drug-likeness (QED) is 0.736. The fourth-order valence-corrected chi connectivity index (χ4v) is 2.99. The molecule has 1 rings (SSSR count). The van der Waals surface area contributed by atoms with Gasteiger partial charge in [0.05, 0.1) is 0 Å². The van der Waals surface area contributed by atoms with Crippen LogP contribution >= 0.6 is 0 Å². The number of amides is 1. The molecule has 4 heteroatoms. The summed E-state index contributed by atoms with van der Waals surface area (Å²) >= 11 is 0. The van der Waals surface area contributed by atoms with Gasteiger partial charge >= 0.3 is 6.09 Å². The van der Waals surface area contributed by atoms with Crippen molar-refractivity contribution in [3.8, 4) is 0 Å². The highest BCUT2D eigenvalue weighted by molar-refractivity contribution is 5.67. The number of carbonyl (C=O) groups is 1. The molecule has 4 nitrogen and oxygen atoms in total. The number of carbonyl (C=O) groups excluding carboxylic acids is 1. The zero-order chi connectivity index (χ0) is 15.2. The van der Waals surface area contributed by atoms with Gasteiger partial charge in [0, 0.05) is 12.6 Å². The average molecular weight is 284 g/mol. The first-order chi connectivity index (χ1) is 9.33. The van der Waals surface area contributed by atoms with Gasteiger partial charge in [-0.15, -0.1) is 0 Å². The Morgan fingerprint density at radius 1 is 1.25 bits per heavy atom. The lowest BCUT2D eigenvalue weighted by molar-refractivity contribution is 0.0527. The molecule has 0 saturated heterocycles. The van der Waals surface area contributed by atoms with Crippen molar-refractivity contribution in [2.75, 3.05) is 13.1 Å². The molecule has 0 radical (unpaired) electrons. The highest BCUT2D eigenvalue weighted by atomic mass is 16.6. The van der Waals surface area contributed by atoms with Crippen molar-refractivity contribution in [3.63, 3.8) is 0 Å². The predicted molar refractivity (Wildman–Crippen MR) is 82.8 cm³/mol. The summed E-state index contributed by atoms with van der Waals surface area (Å²) in [5.74, 6) is 1.66. The average Bonchev–Trinajstić information content (AvgIpc) is 2.67. The standard InChI is InChI=1S/C16H32N2O2/c1-6-13-8-9-14(12(13)2)17-10-7-11-18-15(19)20-16(3,4)5/h12-14,17H,6-11H2,1-5H3,(H,18,19). The van der Waals surface area contributed by atoms with Crippen molar-refractivity contribution in [1.29, 1.82) is 0 Å². The van der Waals surface area contributed by atoms with E-state index in [9.17, 15) is 4.79 Å². The van der Waals surface area contributed by atoms with Crippen LogP contribution in [0.3, 0.4) is 0 Å².